The molecule has 1 aliphatic carbocycles. The van der Waals surface area contributed by atoms with Gasteiger partial charge < -0.3 is 29.7 Å². The van der Waals surface area contributed by atoms with Crippen molar-refractivity contribution in [3.8, 4) is 5.88 Å². The van der Waals surface area contributed by atoms with Gasteiger partial charge in [-0.25, -0.2) is 14.6 Å². The first kappa shape index (κ1) is 46.3. The van der Waals surface area contributed by atoms with Crippen molar-refractivity contribution in [1.29, 1.82) is 0 Å². The summed E-state index contributed by atoms with van der Waals surface area (Å²) in [4.78, 5) is 62.8. The van der Waals surface area contributed by atoms with Crippen LogP contribution in [0, 0.1) is 5.92 Å². The molecular weight excluding hydrogens is 773 g/mol. The second-order valence-electron chi connectivity index (χ2n) is 16.8. The third kappa shape index (κ3) is 14.4. The highest BCUT2D eigenvalue weighted by Gasteiger charge is 2.25. The van der Waals surface area contributed by atoms with Gasteiger partial charge in [-0.05, 0) is 119 Å². The van der Waals surface area contributed by atoms with Crippen molar-refractivity contribution >= 4 is 35.3 Å². The molecule has 1 fully saturated rings. The maximum absolute atomic E-state index is 13.9. The van der Waals surface area contributed by atoms with Gasteiger partial charge in [-0.3, -0.25) is 19.4 Å². The van der Waals surface area contributed by atoms with Crippen LogP contribution in [0.4, 0.5) is 16.2 Å². The van der Waals surface area contributed by atoms with Crippen LogP contribution in [0.3, 0.4) is 0 Å². The number of esters is 1. The number of hydrogen-bond donors (Lipinski definition) is 2. The maximum atomic E-state index is 13.9. The minimum Gasteiger partial charge on any atom is -0.477 e. The van der Waals surface area contributed by atoms with Gasteiger partial charge in [-0.2, -0.15) is 0 Å². The van der Waals surface area contributed by atoms with Crippen molar-refractivity contribution < 1.29 is 33.4 Å². The summed E-state index contributed by atoms with van der Waals surface area (Å²) in [5, 5.41) is 5.89. The Morgan fingerprint density at radius 3 is 2.03 bits per heavy atom. The summed E-state index contributed by atoms with van der Waals surface area (Å²) in [6.07, 6.45) is 3.72. The average Bonchev–Trinajstić information content (AvgIpc) is 4.07. The number of carbonyl (C=O) groups excluding carboxylic acids is 4. The average molecular weight is 835 g/mol. The van der Waals surface area contributed by atoms with Gasteiger partial charge >= 0.3 is 12.1 Å². The molecule has 0 spiro atoms. The second-order valence-corrected chi connectivity index (χ2v) is 16.8. The zero-order valence-corrected chi connectivity index (χ0v) is 37.0. The Morgan fingerprint density at radius 2 is 1.43 bits per heavy atom. The van der Waals surface area contributed by atoms with E-state index in [1.807, 2.05) is 82.4 Å². The highest BCUT2D eigenvalue weighted by Crippen LogP contribution is 2.30. The van der Waals surface area contributed by atoms with E-state index in [1.165, 1.54) is 7.11 Å². The molecule has 3 amide bonds. The molecule has 3 aromatic carbocycles. The Balaban J connectivity index is 1.25. The molecule has 13 nitrogen and oxygen atoms in total. The van der Waals surface area contributed by atoms with Crippen molar-refractivity contribution in [3.05, 3.63) is 118 Å². The number of pyridine rings is 1. The zero-order valence-electron chi connectivity index (χ0n) is 37.0. The Morgan fingerprint density at radius 1 is 0.770 bits per heavy atom. The summed E-state index contributed by atoms with van der Waals surface area (Å²) in [5.41, 5.74) is 4.29. The molecule has 1 saturated carbocycles. The molecule has 0 aliphatic heterocycles. The monoisotopic (exact) mass is 834 g/mol. The quantitative estimate of drug-likeness (QED) is 0.0831. The summed E-state index contributed by atoms with van der Waals surface area (Å²) < 4.78 is 16.3. The van der Waals surface area contributed by atoms with E-state index in [9.17, 15) is 19.2 Å². The van der Waals surface area contributed by atoms with Crippen LogP contribution < -0.4 is 15.4 Å². The molecule has 0 unspecified atom stereocenters. The highest BCUT2D eigenvalue weighted by molar-refractivity contribution is 6.11. The van der Waals surface area contributed by atoms with Gasteiger partial charge in [0.05, 0.1) is 25.0 Å². The number of aromatic nitrogens is 1. The molecule has 13 heteroatoms. The zero-order chi connectivity index (χ0) is 44.1. The molecule has 2 N–H and O–H groups in total. The molecule has 326 valence electrons. The lowest BCUT2D eigenvalue weighted by atomic mass is 10.1. The number of nitrogens with zero attached hydrogens (tertiary/aromatic N) is 4. The first-order valence-electron chi connectivity index (χ1n) is 21.1. The van der Waals surface area contributed by atoms with E-state index in [2.05, 4.69) is 39.3 Å². The summed E-state index contributed by atoms with van der Waals surface area (Å²) in [7, 11) is 5.12. The van der Waals surface area contributed by atoms with E-state index < -0.39 is 11.5 Å². The molecule has 1 heterocycles. The van der Waals surface area contributed by atoms with Crippen molar-refractivity contribution in [1.82, 2.24) is 19.7 Å². The summed E-state index contributed by atoms with van der Waals surface area (Å²) in [5.74, 6) is -0.430. The summed E-state index contributed by atoms with van der Waals surface area (Å²) in [6, 6.07) is 26.0. The summed E-state index contributed by atoms with van der Waals surface area (Å²) in [6.45, 7) is 13.4. The fourth-order valence-electron chi connectivity index (χ4n) is 6.86. The Hall–Kier alpha value is -5.79. The van der Waals surface area contributed by atoms with E-state index in [-0.39, 0.29) is 35.4 Å². The van der Waals surface area contributed by atoms with Gasteiger partial charge in [-0.1, -0.05) is 50.2 Å². The SMILES string of the molecule is CCC(CC)N(CCN(C)C(=O)OC(C)(C)C)Cc1cccc(C(=O)Nc2ccc(OCC3CC3)nc2C(=O)Nc2ccc(CN(C)Cc3ccc(C(=O)OC)cc3)cc2)c1. The first-order chi connectivity index (χ1) is 29.1. The van der Waals surface area contributed by atoms with Crippen LogP contribution in [0.2, 0.25) is 0 Å². The number of likely N-dealkylation sites (N-methyl/N-ethyl adjacent to an activating group) is 1. The number of rotatable bonds is 20. The molecule has 4 aromatic rings. The number of amides is 3. The normalized spacial score (nSPS) is 12.6. The van der Waals surface area contributed by atoms with Gasteiger partial charge in [-0.15, -0.1) is 0 Å². The van der Waals surface area contributed by atoms with E-state index in [0.29, 0.717) is 67.9 Å². The lowest BCUT2D eigenvalue weighted by Crippen LogP contribution is -2.42. The van der Waals surface area contributed by atoms with Crippen LogP contribution >= 0.6 is 0 Å². The number of ether oxygens (including phenoxy) is 3. The number of nitrogens with one attached hydrogen (secondary N) is 2. The first-order valence-corrected chi connectivity index (χ1v) is 21.1. The third-order valence-corrected chi connectivity index (χ3v) is 10.5. The van der Waals surface area contributed by atoms with Crippen LogP contribution in [0.15, 0.2) is 84.9 Å². The van der Waals surface area contributed by atoms with Gasteiger partial charge in [0.1, 0.15) is 5.60 Å². The molecule has 61 heavy (non-hydrogen) atoms. The maximum Gasteiger partial charge on any atom is 0.410 e. The topological polar surface area (TPSA) is 143 Å². The largest absolute Gasteiger partial charge is 0.477 e. The van der Waals surface area contributed by atoms with Crippen LogP contribution in [0.1, 0.15) is 108 Å². The standard InChI is InChI=1S/C48H62N6O7/c1-9-40(10-2)54(27-26-53(7)47(58)61-48(3,4)5)31-36-12-11-13-38(28-36)44(55)50-41-24-25-42(60-32-35-14-15-35)51-43(41)45(56)49-39-22-18-34(19-23-39)30-52(6)29-33-16-20-37(21-17-33)46(57)59-8/h11-13,16-25,28,35,40H,9-10,14-15,26-27,29-32H2,1-8H3,(H,49,56)(H,50,55). The molecule has 0 bridgehead atoms. The van der Waals surface area contributed by atoms with E-state index in [0.717, 1.165) is 42.4 Å². The minimum atomic E-state index is -0.578. The molecular formula is C48H62N6O7. The number of methoxy groups -OCH3 is 1. The molecule has 0 atom stereocenters. The molecule has 0 radical (unpaired) electrons. The molecule has 5 rings (SSSR count). The van der Waals surface area contributed by atoms with Gasteiger partial charge in [0, 0.05) is 63.1 Å². The van der Waals surface area contributed by atoms with Crippen molar-refractivity contribution in [2.75, 3.05) is 51.5 Å². The minimum absolute atomic E-state index is 0.0360. The smallest absolute Gasteiger partial charge is 0.410 e. The predicted octanol–water partition coefficient (Wildman–Crippen LogP) is 8.65. The van der Waals surface area contributed by atoms with Crippen molar-refractivity contribution in [3.63, 3.8) is 0 Å². The van der Waals surface area contributed by atoms with Gasteiger partial charge in [0.15, 0.2) is 5.69 Å². The van der Waals surface area contributed by atoms with E-state index >= 15 is 0 Å². The van der Waals surface area contributed by atoms with Crippen molar-refractivity contribution in [2.24, 2.45) is 5.92 Å². The molecule has 1 aromatic heterocycles. The second kappa shape index (κ2) is 21.6. The molecule has 1 aliphatic rings. The predicted molar refractivity (Wildman–Crippen MR) is 238 cm³/mol. The Labute approximate surface area is 360 Å². The van der Waals surface area contributed by atoms with Crippen LogP contribution in [-0.2, 0) is 29.1 Å². The summed E-state index contributed by atoms with van der Waals surface area (Å²) >= 11 is 0. The van der Waals surface area contributed by atoms with E-state index in [1.54, 1.807) is 42.3 Å². The number of hydrogen-bond acceptors (Lipinski definition) is 10. The fraction of sp³-hybridized carbons (Fsp3) is 0.438. The van der Waals surface area contributed by atoms with Gasteiger partial charge in [0.25, 0.3) is 11.8 Å². The Kier molecular flexibility index (Phi) is 16.4. The lowest BCUT2D eigenvalue weighted by molar-refractivity contribution is 0.0269. The number of benzene rings is 3. The third-order valence-electron chi connectivity index (χ3n) is 10.5. The highest BCUT2D eigenvalue weighted by atomic mass is 16.6. The van der Waals surface area contributed by atoms with Crippen LogP contribution in [0.5, 0.6) is 5.88 Å². The van der Waals surface area contributed by atoms with Crippen molar-refractivity contribution in [2.45, 2.75) is 91.6 Å². The number of carbonyl (C=O) groups is 4. The van der Waals surface area contributed by atoms with Gasteiger partial charge in [0.2, 0.25) is 5.88 Å². The van der Waals surface area contributed by atoms with E-state index in [4.69, 9.17) is 14.2 Å². The van der Waals surface area contributed by atoms with Crippen LogP contribution in [0.25, 0.3) is 0 Å². The Bertz CT molecular complexity index is 2090. The fourth-order valence-corrected chi connectivity index (χ4v) is 6.86. The van der Waals surface area contributed by atoms with Crippen LogP contribution in [-0.4, -0.2) is 96.1 Å². The lowest BCUT2D eigenvalue weighted by Gasteiger charge is -2.32. The number of anilines is 2. The molecule has 0 saturated heterocycles.